The average Bonchev–Trinajstić information content (AvgIpc) is 3.21. The summed E-state index contributed by atoms with van der Waals surface area (Å²) >= 11 is 5.99. The highest BCUT2D eigenvalue weighted by Crippen LogP contribution is 2.41. The molecule has 0 radical (unpaired) electrons. The third kappa shape index (κ3) is 3.87. The van der Waals surface area contributed by atoms with Crippen molar-refractivity contribution in [3.05, 3.63) is 95.3 Å². The number of aromatic nitrogens is 2. The van der Waals surface area contributed by atoms with Crippen molar-refractivity contribution in [2.24, 2.45) is 0 Å². The number of benzene rings is 2. The normalized spacial score (nSPS) is 17.6. The Morgan fingerprint density at radius 3 is 2.58 bits per heavy atom. The Morgan fingerprint density at radius 2 is 1.85 bits per heavy atom. The number of pyridine rings is 1. The molecule has 2 N–H and O–H groups in total. The van der Waals surface area contributed by atoms with Crippen LogP contribution < -0.4 is 5.32 Å². The van der Waals surface area contributed by atoms with Gasteiger partial charge in [-0.25, -0.2) is 4.98 Å². The zero-order chi connectivity index (χ0) is 22.9. The van der Waals surface area contributed by atoms with E-state index in [1.165, 1.54) is 10.9 Å². The zero-order valence-electron chi connectivity index (χ0n) is 18.1. The number of H-pyrrole nitrogens is 1. The third-order valence-electron chi connectivity index (χ3n) is 6.17. The van der Waals surface area contributed by atoms with Gasteiger partial charge in [0.2, 0.25) is 5.91 Å². The highest BCUT2D eigenvalue weighted by atomic mass is 35.5. The smallest absolute Gasteiger partial charge is 0.256 e. The lowest BCUT2D eigenvalue weighted by Gasteiger charge is -2.40. The Morgan fingerprint density at radius 1 is 1.09 bits per heavy atom. The summed E-state index contributed by atoms with van der Waals surface area (Å²) in [5.41, 5.74) is 4.70. The number of alkyl halides is 1. The van der Waals surface area contributed by atoms with Gasteiger partial charge in [-0.2, -0.15) is 0 Å². The number of amides is 2. The molecular formula is C26H23ClN4O2. The van der Waals surface area contributed by atoms with Gasteiger partial charge in [0.1, 0.15) is 11.7 Å². The quantitative estimate of drug-likeness (QED) is 0.426. The van der Waals surface area contributed by atoms with E-state index in [1.807, 2.05) is 41.3 Å². The summed E-state index contributed by atoms with van der Waals surface area (Å²) in [6, 6.07) is 20.6. The molecule has 4 aromatic rings. The van der Waals surface area contributed by atoms with Crippen molar-refractivity contribution >= 4 is 40.1 Å². The number of hydrogen-bond acceptors (Lipinski definition) is 3. The number of carbonyl (C=O) groups excluding carboxylic acids is 2. The molecule has 1 aliphatic rings. The van der Waals surface area contributed by atoms with Gasteiger partial charge in [0, 0.05) is 34.4 Å². The standard InChI is InChI=1S/C26H23ClN4O2/c1-16-14-20-19-6-2-3-7-21(19)29-24(20)25(31(16)23(32)15-27)17-9-11-18(12-10-17)26(33)30-22-8-4-5-13-28-22/h2-13,16,25,29H,14-15H2,1H3,(H,28,30,33)/t16-,25+/m0/s1. The molecule has 0 aliphatic carbocycles. The number of fused-ring (bicyclic) bond motifs is 3. The number of carbonyl (C=O) groups is 2. The van der Waals surface area contributed by atoms with Crippen LogP contribution in [0.2, 0.25) is 0 Å². The highest BCUT2D eigenvalue weighted by Gasteiger charge is 2.38. The van der Waals surface area contributed by atoms with E-state index < -0.39 is 0 Å². The van der Waals surface area contributed by atoms with Gasteiger partial charge < -0.3 is 15.2 Å². The molecule has 2 aromatic carbocycles. The molecule has 0 saturated heterocycles. The first kappa shape index (κ1) is 21.2. The van der Waals surface area contributed by atoms with Gasteiger partial charge in [-0.3, -0.25) is 9.59 Å². The van der Waals surface area contributed by atoms with Crippen molar-refractivity contribution in [3.8, 4) is 0 Å². The Labute approximate surface area is 196 Å². The Kier molecular flexibility index (Phi) is 5.60. The van der Waals surface area contributed by atoms with E-state index in [9.17, 15) is 9.59 Å². The second-order valence-electron chi connectivity index (χ2n) is 8.24. The van der Waals surface area contributed by atoms with Gasteiger partial charge in [-0.05, 0) is 54.8 Å². The van der Waals surface area contributed by atoms with Gasteiger partial charge in [-0.15, -0.1) is 11.6 Å². The van der Waals surface area contributed by atoms with Crippen molar-refractivity contribution < 1.29 is 9.59 Å². The van der Waals surface area contributed by atoms with Crippen LogP contribution in [-0.4, -0.2) is 38.6 Å². The van der Waals surface area contributed by atoms with Crippen molar-refractivity contribution in [2.45, 2.75) is 25.4 Å². The number of para-hydroxylation sites is 1. The maximum atomic E-state index is 12.9. The molecule has 2 aromatic heterocycles. The fraction of sp³-hybridized carbons (Fsp3) is 0.192. The SMILES string of the molecule is C[C@H]1Cc2c([nH]c3ccccc23)[C@@H](c2ccc(C(=O)Nc3ccccn3)cc2)N1C(=O)CCl. The minimum atomic E-state index is -0.310. The monoisotopic (exact) mass is 458 g/mol. The molecule has 7 heteroatoms. The van der Waals surface area contributed by atoms with Gasteiger partial charge >= 0.3 is 0 Å². The van der Waals surface area contributed by atoms with Crippen LogP contribution in [0, 0.1) is 0 Å². The maximum Gasteiger partial charge on any atom is 0.256 e. The van der Waals surface area contributed by atoms with Gasteiger partial charge in [0.15, 0.2) is 0 Å². The summed E-state index contributed by atoms with van der Waals surface area (Å²) in [5, 5.41) is 3.97. The molecule has 3 heterocycles. The Hall–Kier alpha value is -3.64. The first-order chi connectivity index (χ1) is 16.1. The summed E-state index contributed by atoms with van der Waals surface area (Å²) in [5.74, 6) is 0.0583. The summed E-state index contributed by atoms with van der Waals surface area (Å²) in [4.78, 5) is 35.1. The van der Waals surface area contributed by atoms with Gasteiger partial charge in [-0.1, -0.05) is 36.4 Å². The second kappa shape index (κ2) is 8.71. The molecule has 5 rings (SSSR count). The average molecular weight is 459 g/mol. The molecule has 1 aliphatic heterocycles. The van der Waals surface area contributed by atoms with Crippen LogP contribution in [0.25, 0.3) is 10.9 Å². The fourth-order valence-corrected chi connectivity index (χ4v) is 4.83. The van der Waals surface area contributed by atoms with E-state index in [2.05, 4.69) is 28.3 Å². The molecular weight excluding hydrogens is 436 g/mol. The highest BCUT2D eigenvalue weighted by molar-refractivity contribution is 6.27. The number of hydrogen-bond donors (Lipinski definition) is 2. The van der Waals surface area contributed by atoms with E-state index in [0.717, 1.165) is 23.2 Å². The Bertz CT molecular complexity index is 1320. The van der Waals surface area contributed by atoms with E-state index in [1.54, 1.807) is 30.5 Å². The second-order valence-corrected chi connectivity index (χ2v) is 8.51. The summed E-state index contributed by atoms with van der Waals surface area (Å²) in [7, 11) is 0. The van der Waals surface area contributed by atoms with Gasteiger partial charge in [0.05, 0.1) is 6.04 Å². The zero-order valence-corrected chi connectivity index (χ0v) is 18.8. The van der Waals surface area contributed by atoms with Crippen LogP contribution >= 0.6 is 11.6 Å². The minimum Gasteiger partial charge on any atom is -0.356 e. The van der Waals surface area contributed by atoms with Crippen molar-refractivity contribution in [1.29, 1.82) is 0 Å². The largest absolute Gasteiger partial charge is 0.356 e. The number of aromatic amines is 1. The number of nitrogens with one attached hydrogen (secondary N) is 2. The molecule has 0 fully saturated rings. The number of nitrogens with zero attached hydrogens (tertiary/aromatic N) is 2. The topological polar surface area (TPSA) is 78.1 Å². The lowest BCUT2D eigenvalue weighted by molar-refractivity contribution is -0.133. The molecule has 0 bridgehead atoms. The third-order valence-corrected chi connectivity index (χ3v) is 6.40. The molecule has 166 valence electrons. The van der Waals surface area contributed by atoms with Crippen LogP contribution in [0.5, 0.6) is 0 Å². The number of rotatable bonds is 4. The lowest BCUT2D eigenvalue weighted by atomic mass is 9.88. The molecule has 2 atom stereocenters. The van der Waals surface area contributed by atoms with Crippen LogP contribution in [0.1, 0.15) is 40.1 Å². The number of halogens is 1. The molecule has 6 nitrogen and oxygen atoms in total. The maximum absolute atomic E-state index is 12.9. The van der Waals surface area contributed by atoms with Crippen molar-refractivity contribution in [3.63, 3.8) is 0 Å². The summed E-state index contributed by atoms with van der Waals surface area (Å²) in [6.07, 6.45) is 2.38. The first-order valence-corrected chi connectivity index (χ1v) is 11.4. The van der Waals surface area contributed by atoms with Crippen LogP contribution in [0.3, 0.4) is 0 Å². The van der Waals surface area contributed by atoms with E-state index in [4.69, 9.17) is 11.6 Å². The van der Waals surface area contributed by atoms with E-state index >= 15 is 0 Å². The predicted molar refractivity (Wildman–Crippen MR) is 130 cm³/mol. The first-order valence-electron chi connectivity index (χ1n) is 10.9. The van der Waals surface area contributed by atoms with E-state index in [-0.39, 0.29) is 29.8 Å². The van der Waals surface area contributed by atoms with Crippen LogP contribution in [-0.2, 0) is 11.2 Å². The molecule has 0 saturated carbocycles. The number of anilines is 1. The van der Waals surface area contributed by atoms with Crippen LogP contribution in [0.15, 0.2) is 72.9 Å². The summed E-state index contributed by atoms with van der Waals surface area (Å²) in [6.45, 7) is 2.05. The lowest BCUT2D eigenvalue weighted by Crippen LogP contribution is -2.46. The molecule has 0 unspecified atom stereocenters. The molecule has 0 spiro atoms. The Balaban J connectivity index is 1.53. The predicted octanol–water partition coefficient (Wildman–Crippen LogP) is 4.92. The summed E-state index contributed by atoms with van der Waals surface area (Å²) < 4.78 is 0. The van der Waals surface area contributed by atoms with Crippen molar-refractivity contribution in [1.82, 2.24) is 14.9 Å². The molecule has 2 amide bonds. The molecule has 33 heavy (non-hydrogen) atoms. The minimum absolute atomic E-state index is 0.0138. The van der Waals surface area contributed by atoms with Gasteiger partial charge in [0.25, 0.3) is 5.91 Å². The fourth-order valence-electron chi connectivity index (χ4n) is 4.69. The van der Waals surface area contributed by atoms with Crippen molar-refractivity contribution in [2.75, 3.05) is 11.2 Å². The van der Waals surface area contributed by atoms with E-state index in [0.29, 0.717) is 11.4 Å². The van der Waals surface area contributed by atoms with Crippen LogP contribution in [0.4, 0.5) is 5.82 Å².